The Morgan fingerprint density at radius 1 is 1.31 bits per heavy atom. The number of carbonyl (C=O) groups excluding carboxylic acids is 1. The van der Waals surface area contributed by atoms with E-state index in [2.05, 4.69) is 10.1 Å². The summed E-state index contributed by atoms with van der Waals surface area (Å²) in [5.74, 6) is 0.182. The van der Waals surface area contributed by atoms with Crippen molar-refractivity contribution in [2.75, 3.05) is 13.1 Å². The normalized spacial score (nSPS) is 14.9. The summed E-state index contributed by atoms with van der Waals surface area (Å²) in [5.41, 5.74) is 2.74. The van der Waals surface area contributed by atoms with Crippen LogP contribution < -0.4 is 0 Å². The second-order valence-corrected chi connectivity index (χ2v) is 8.94. The minimum atomic E-state index is -0.383. The molecule has 1 aliphatic rings. The van der Waals surface area contributed by atoms with Gasteiger partial charge in [0.25, 0.3) is 5.69 Å². The van der Waals surface area contributed by atoms with Gasteiger partial charge in [-0.05, 0) is 31.9 Å². The third-order valence-electron chi connectivity index (χ3n) is 5.64. The number of benzene rings is 1. The lowest BCUT2D eigenvalue weighted by molar-refractivity contribution is -0.384. The number of para-hydroxylation sites is 1. The van der Waals surface area contributed by atoms with Gasteiger partial charge in [0.05, 0.1) is 26.9 Å². The first-order valence-electron chi connectivity index (χ1n) is 10.2. The van der Waals surface area contributed by atoms with Crippen molar-refractivity contribution in [3.05, 3.63) is 67.3 Å². The van der Waals surface area contributed by atoms with Crippen molar-refractivity contribution in [3.63, 3.8) is 0 Å². The molecule has 0 bridgehead atoms. The van der Waals surface area contributed by atoms with Gasteiger partial charge in [-0.2, -0.15) is 5.10 Å². The Labute approximate surface area is 194 Å². The summed E-state index contributed by atoms with van der Waals surface area (Å²) >= 11 is 7.74. The predicted molar refractivity (Wildman–Crippen MR) is 125 cm³/mol. The molecule has 0 saturated carbocycles. The third-order valence-corrected chi connectivity index (χ3v) is 7.10. The average molecular weight is 472 g/mol. The molecule has 0 spiro atoms. The number of piperidine rings is 1. The van der Waals surface area contributed by atoms with Gasteiger partial charge in [0.2, 0.25) is 5.91 Å². The van der Waals surface area contributed by atoms with E-state index < -0.39 is 0 Å². The van der Waals surface area contributed by atoms with Crippen molar-refractivity contribution in [1.29, 1.82) is 0 Å². The Bertz CT molecular complexity index is 1190. The van der Waals surface area contributed by atoms with Gasteiger partial charge in [0.1, 0.15) is 5.15 Å². The van der Waals surface area contributed by atoms with E-state index in [1.54, 1.807) is 42.1 Å². The van der Waals surface area contributed by atoms with Crippen LogP contribution in [0.4, 0.5) is 5.69 Å². The molecule has 4 rings (SSSR count). The molecule has 0 aliphatic carbocycles. The molecule has 1 aliphatic heterocycles. The van der Waals surface area contributed by atoms with Crippen LogP contribution in [0.25, 0.3) is 17.3 Å². The maximum atomic E-state index is 12.6. The molecule has 8 nitrogen and oxygen atoms in total. The SMILES string of the molecule is Cc1nn(C)c(Cl)c1C=CC(=O)N1CCC(c2nc(-c3ccccc3[N+](=O)[O-])cs2)CC1. The zero-order chi connectivity index (χ0) is 22.8. The smallest absolute Gasteiger partial charge is 0.278 e. The zero-order valence-corrected chi connectivity index (χ0v) is 19.3. The average Bonchev–Trinajstić information content (AvgIpc) is 3.37. The zero-order valence-electron chi connectivity index (χ0n) is 17.7. The van der Waals surface area contributed by atoms with Crippen LogP contribution in [0.2, 0.25) is 5.15 Å². The number of nitro benzene ring substituents is 1. The van der Waals surface area contributed by atoms with E-state index in [0.29, 0.717) is 29.5 Å². The fraction of sp³-hybridized carbons (Fsp3) is 0.318. The van der Waals surface area contributed by atoms with Gasteiger partial charge in [-0.15, -0.1) is 11.3 Å². The van der Waals surface area contributed by atoms with Crippen LogP contribution in [0.15, 0.2) is 35.7 Å². The van der Waals surface area contributed by atoms with Crippen LogP contribution in [0.1, 0.15) is 35.0 Å². The first-order chi connectivity index (χ1) is 15.3. The number of rotatable bonds is 5. The number of nitro groups is 1. The van der Waals surface area contributed by atoms with Crippen LogP contribution in [0.5, 0.6) is 0 Å². The van der Waals surface area contributed by atoms with Crippen molar-refractivity contribution in [1.82, 2.24) is 19.7 Å². The largest absolute Gasteiger partial charge is 0.339 e. The summed E-state index contributed by atoms with van der Waals surface area (Å²) in [6.45, 7) is 3.12. The predicted octanol–water partition coefficient (Wildman–Crippen LogP) is 4.83. The summed E-state index contributed by atoms with van der Waals surface area (Å²) in [6.07, 6.45) is 4.87. The quantitative estimate of drug-likeness (QED) is 0.301. The van der Waals surface area contributed by atoms with E-state index in [0.717, 1.165) is 29.1 Å². The Morgan fingerprint density at radius 2 is 2.03 bits per heavy atom. The lowest BCUT2D eigenvalue weighted by Crippen LogP contribution is -2.36. The van der Waals surface area contributed by atoms with Crippen LogP contribution in [0, 0.1) is 17.0 Å². The molecular weight excluding hydrogens is 450 g/mol. The minimum absolute atomic E-state index is 0.0532. The molecule has 0 atom stereocenters. The molecule has 1 aromatic carbocycles. The van der Waals surface area contributed by atoms with Crippen LogP contribution >= 0.6 is 22.9 Å². The number of amides is 1. The van der Waals surface area contributed by atoms with Gasteiger partial charge in [-0.3, -0.25) is 19.6 Å². The maximum absolute atomic E-state index is 12.6. The standard InChI is InChI=1S/C22H22ClN5O3S/c1-14-16(21(23)26(2)25-14)7-8-20(29)27-11-9-15(10-12-27)22-24-18(13-32-22)17-5-3-4-6-19(17)28(30)31/h3-8,13,15H,9-12H2,1-2H3. The monoisotopic (exact) mass is 471 g/mol. The highest BCUT2D eigenvalue weighted by Gasteiger charge is 2.26. The summed E-state index contributed by atoms with van der Waals surface area (Å²) in [7, 11) is 1.76. The Hall–Kier alpha value is -3.04. The lowest BCUT2D eigenvalue weighted by Gasteiger charge is -2.30. The fourth-order valence-corrected chi connectivity index (χ4v) is 5.12. The fourth-order valence-electron chi connectivity index (χ4n) is 3.89. The van der Waals surface area contributed by atoms with Crippen molar-refractivity contribution >= 4 is 40.6 Å². The molecular formula is C22H22ClN5O3S. The van der Waals surface area contributed by atoms with Gasteiger partial charge in [-0.25, -0.2) is 4.98 Å². The molecule has 32 heavy (non-hydrogen) atoms. The van der Waals surface area contributed by atoms with E-state index in [1.807, 2.05) is 17.2 Å². The van der Waals surface area contributed by atoms with Crippen molar-refractivity contribution in [2.45, 2.75) is 25.7 Å². The third kappa shape index (κ3) is 4.44. The molecule has 1 saturated heterocycles. The molecule has 1 amide bonds. The Balaban J connectivity index is 1.40. The lowest BCUT2D eigenvalue weighted by atomic mass is 9.97. The molecule has 3 heterocycles. The summed E-state index contributed by atoms with van der Waals surface area (Å²) in [5, 5.41) is 18.9. The Morgan fingerprint density at radius 3 is 2.69 bits per heavy atom. The number of aryl methyl sites for hydroxylation is 2. The van der Waals surface area contributed by atoms with Gasteiger partial charge in [-0.1, -0.05) is 23.7 Å². The number of aromatic nitrogens is 3. The van der Waals surface area contributed by atoms with Crippen LogP contribution in [-0.4, -0.2) is 43.6 Å². The molecule has 0 N–H and O–H groups in total. The highest BCUT2D eigenvalue weighted by Crippen LogP contribution is 2.35. The number of halogens is 1. The molecule has 1 fully saturated rings. The summed E-state index contributed by atoms with van der Waals surface area (Å²) in [4.78, 5) is 30.1. The molecule has 2 aromatic heterocycles. The van der Waals surface area contributed by atoms with E-state index in [-0.39, 0.29) is 22.4 Å². The Kier molecular flexibility index (Phi) is 6.38. The molecule has 0 unspecified atom stereocenters. The van der Waals surface area contributed by atoms with Crippen LogP contribution in [0.3, 0.4) is 0 Å². The van der Waals surface area contributed by atoms with Crippen molar-refractivity contribution < 1.29 is 9.72 Å². The van der Waals surface area contributed by atoms with Crippen LogP contribution in [-0.2, 0) is 11.8 Å². The number of nitrogens with zero attached hydrogens (tertiary/aromatic N) is 5. The number of hydrogen-bond donors (Lipinski definition) is 0. The molecule has 166 valence electrons. The first kappa shape index (κ1) is 22.2. The summed E-state index contributed by atoms with van der Waals surface area (Å²) in [6, 6.07) is 6.64. The van der Waals surface area contributed by atoms with Gasteiger partial charge in [0.15, 0.2) is 0 Å². The van der Waals surface area contributed by atoms with E-state index in [1.165, 1.54) is 17.4 Å². The molecule has 10 heteroatoms. The second kappa shape index (κ2) is 9.22. The highest BCUT2D eigenvalue weighted by atomic mass is 35.5. The number of thiazole rings is 1. The minimum Gasteiger partial charge on any atom is -0.339 e. The van der Waals surface area contributed by atoms with Crippen molar-refractivity contribution in [3.8, 4) is 11.3 Å². The van der Waals surface area contributed by atoms with Crippen molar-refractivity contribution in [2.24, 2.45) is 7.05 Å². The number of carbonyl (C=O) groups is 1. The molecule has 3 aromatic rings. The first-order valence-corrected chi connectivity index (χ1v) is 11.5. The van der Waals surface area contributed by atoms with Gasteiger partial charge < -0.3 is 4.90 Å². The van der Waals surface area contributed by atoms with E-state index in [4.69, 9.17) is 11.6 Å². The summed E-state index contributed by atoms with van der Waals surface area (Å²) < 4.78 is 1.58. The number of hydrogen-bond acceptors (Lipinski definition) is 6. The highest BCUT2D eigenvalue weighted by molar-refractivity contribution is 7.10. The van der Waals surface area contributed by atoms with E-state index >= 15 is 0 Å². The topological polar surface area (TPSA) is 94.2 Å². The van der Waals surface area contributed by atoms with E-state index in [9.17, 15) is 14.9 Å². The molecule has 0 radical (unpaired) electrons. The van der Waals surface area contributed by atoms with Gasteiger partial charge in [0, 0.05) is 49.1 Å². The second-order valence-electron chi connectivity index (χ2n) is 7.69. The maximum Gasteiger partial charge on any atom is 0.278 e. The van der Waals surface area contributed by atoms with Gasteiger partial charge >= 0.3 is 0 Å². The number of likely N-dealkylation sites (tertiary alicyclic amines) is 1.